The molecule has 0 N–H and O–H groups in total. The molecule has 114 valence electrons. The number of likely N-dealkylation sites (N-methyl/N-ethyl adjacent to an activating group) is 1. The number of nitrogens with zero attached hydrogens (tertiary/aromatic N) is 1. The van der Waals surface area contributed by atoms with Crippen molar-refractivity contribution in [3.63, 3.8) is 0 Å². The van der Waals surface area contributed by atoms with Gasteiger partial charge in [0.25, 0.3) is 0 Å². The van der Waals surface area contributed by atoms with Crippen LogP contribution in [0.5, 0.6) is 0 Å². The molecule has 0 saturated heterocycles. The first-order valence-electron chi connectivity index (χ1n) is 6.57. The number of hydrogen-bond acceptors (Lipinski definition) is 3. The molecule has 2 nitrogen and oxygen atoms in total. The Labute approximate surface area is 122 Å². The maximum atomic E-state index is 13.1. The van der Waals surface area contributed by atoms with E-state index in [0.717, 1.165) is 24.3 Å². The molecule has 0 heterocycles. The van der Waals surface area contributed by atoms with Gasteiger partial charge in [-0.15, -0.1) is 0 Å². The summed E-state index contributed by atoms with van der Waals surface area (Å²) in [6.45, 7) is 5.76. The van der Waals surface area contributed by atoms with Crippen molar-refractivity contribution in [2.75, 3.05) is 6.54 Å². The zero-order chi connectivity index (χ0) is 15.4. The van der Waals surface area contributed by atoms with Crippen molar-refractivity contribution in [1.82, 2.24) is 4.31 Å². The molecule has 0 aromatic heterocycles. The highest BCUT2D eigenvalue weighted by Crippen LogP contribution is 2.40. The predicted octanol–water partition coefficient (Wildman–Crippen LogP) is 4.14. The Morgan fingerprint density at radius 3 is 2.60 bits per heavy atom. The Morgan fingerprint density at radius 2 is 2.10 bits per heavy atom. The Balaban J connectivity index is 2.95. The monoisotopic (exact) mass is 307 g/mol. The summed E-state index contributed by atoms with van der Waals surface area (Å²) in [6, 6.07) is 0. The van der Waals surface area contributed by atoms with Gasteiger partial charge in [-0.25, -0.2) is 4.31 Å². The standard InChI is InChI=1S/C14H20F3NOS/c1-4-18(13(2,3)10-19)20-12-9-7-5-6-8-11(12)14(15,16)17/h5-6,8,10,12H,4,7,9H2,1-3H3. The van der Waals surface area contributed by atoms with Crippen LogP contribution in [0.3, 0.4) is 0 Å². The van der Waals surface area contributed by atoms with Gasteiger partial charge >= 0.3 is 6.18 Å². The number of allylic oxidation sites excluding steroid dienone is 3. The van der Waals surface area contributed by atoms with Gasteiger partial charge in [0.05, 0.1) is 5.54 Å². The molecule has 0 fully saturated rings. The summed E-state index contributed by atoms with van der Waals surface area (Å²) in [6.07, 6.45) is 1.81. The summed E-state index contributed by atoms with van der Waals surface area (Å²) < 4.78 is 41.0. The van der Waals surface area contributed by atoms with E-state index >= 15 is 0 Å². The Morgan fingerprint density at radius 1 is 1.45 bits per heavy atom. The van der Waals surface area contributed by atoms with Crippen LogP contribution >= 0.6 is 11.9 Å². The molecule has 0 aromatic carbocycles. The lowest BCUT2D eigenvalue weighted by Crippen LogP contribution is -2.42. The van der Waals surface area contributed by atoms with Crippen molar-refractivity contribution >= 4 is 18.2 Å². The van der Waals surface area contributed by atoms with Gasteiger partial charge in [-0.2, -0.15) is 13.2 Å². The second-order valence-electron chi connectivity index (χ2n) is 5.19. The first-order chi connectivity index (χ1) is 9.22. The van der Waals surface area contributed by atoms with Gasteiger partial charge in [-0.1, -0.05) is 37.1 Å². The molecule has 0 saturated carbocycles. The van der Waals surface area contributed by atoms with Crippen molar-refractivity contribution < 1.29 is 18.0 Å². The van der Waals surface area contributed by atoms with Crippen LogP contribution in [-0.4, -0.2) is 34.1 Å². The lowest BCUT2D eigenvalue weighted by molar-refractivity contribution is -0.114. The third-order valence-corrected chi connectivity index (χ3v) is 4.88. The molecule has 0 radical (unpaired) electrons. The summed E-state index contributed by atoms with van der Waals surface area (Å²) in [4.78, 5) is 11.1. The molecule has 0 aliphatic heterocycles. The van der Waals surface area contributed by atoms with Gasteiger partial charge < -0.3 is 4.79 Å². The number of carbonyl (C=O) groups is 1. The molecule has 0 bridgehead atoms. The largest absolute Gasteiger partial charge is 0.413 e. The van der Waals surface area contributed by atoms with Crippen molar-refractivity contribution in [2.45, 2.75) is 50.6 Å². The number of hydrogen-bond donors (Lipinski definition) is 0. The van der Waals surface area contributed by atoms with Gasteiger partial charge in [0.2, 0.25) is 0 Å². The molecule has 0 aromatic rings. The summed E-state index contributed by atoms with van der Waals surface area (Å²) in [5.74, 6) is 0. The first kappa shape index (κ1) is 17.3. The number of carbonyl (C=O) groups excluding carboxylic acids is 1. The van der Waals surface area contributed by atoms with Crippen LogP contribution in [-0.2, 0) is 4.79 Å². The molecule has 1 rings (SSSR count). The first-order valence-corrected chi connectivity index (χ1v) is 7.40. The van der Waals surface area contributed by atoms with Crippen LogP contribution in [0.15, 0.2) is 23.8 Å². The zero-order valence-corrected chi connectivity index (χ0v) is 12.7. The summed E-state index contributed by atoms with van der Waals surface area (Å²) >= 11 is 1.12. The summed E-state index contributed by atoms with van der Waals surface area (Å²) in [5, 5.41) is -0.677. The van der Waals surface area contributed by atoms with E-state index < -0.39 is 22.5 Å². The van der Waals surface area contributed by atoms with E-state index in [-0.39, 0.29) is 0 Å². The van der Waals surface area contributed by atoms with E-state index in [9.17, 15) is 18.0 Å². The fraction of sp³-hybridized carbons (Fsp3) is 0.643. The SMILES string of the molecule is CCN(SC1CCC=CC=C1C(F)(F)F)C(C)(C)C=O. The third kappa shape index (κ3) is 4.38. The second kappa shape index (κ2) is 6.80. The summed E-state index contributed by atoms with van der Waals surface area (Å²) in [7, 11) is 0. The highest BCUT2D eigenvalue weighted by molar-refractivity contribution is 7.97. The van der Waals surface area contributed by atoms with Crippen LogP contribution < -0.4 is 0 Å². The lowest BCUT2D eigenvalue weighted by Gasteiger charge is -2.35. The van der Waals surface area contributed by atoms with Crippen LogP contribution in [0.25, 0.3) is 0 Å². The van der Waals surface area contributed by atoms with Crippen molar-refractivity contribution in [3.05, 3.63) is 23.8 Å². The molecular weight excluding hydrogens is 287 g/mol. The Kier molecular flexibility index (Phi) is 5.89. The van der Waals surface area contributed by atoms with Gasteiger partial charge in [-0.05, 0) is 26.7 Å². The van der Waals surface area contributed by atoms with E-state index in [1.165, 1.54) is 6.08 Å². The minimum atomic E-state index is -4.34. The van der Waals surface area contributed by atoms with Gasteiger partial charge in [-0.3, -0.25) is 0 Å². The Hall–Kier alpha value is -0.750. The average molecular weight is 307 g/mol. The molecule has 1 aliphatic carbocycles. The van der Waals surface area contributed by atoms with Crippen molar-refractivity contribution in [3.8, 4) is 0 Å². The smallest absolute Gasteiger partial charge is 0.301 e. The van der Waals surface area contributed by atoms with Gasteiger partial charge in [0.15, 0.2) is 0 Å². The number of alkyl halides is 3. The fourth-order valence-corrected chi connectivity index (χ4v) is 3.33. The molecule has 1 unspecified atom stereocenters. The maximum absolute atomic E-state index is 13.1. The topological polar surface area (TPSA) is 20.3 Å². The van der Waals surface area contributed by atoms with E-state index in [2.05, 4.69) is 0 Å². The van der Waals surface area contributed by atoms with Crippen molar-refractivity contribution in [1.29, 1.82) is 0 Å². The van der Waals surface area contributed by atoms with Crippen LogP contribution in [0, 0.1) is 0 Å². The van der Waals surface area contributed by atoms with Crippen LogP contribution in [0.1, 0.15) is 33.6 Å². The molecule has 1 atom stereocenters. The number of rotatable bonds is 5. The lowest BCUT2D eigenvalue weighted by atomic mass is 10.1. The average Bonchev–Trinajstić information content (AvgIpc) is 2.60. The van der Waals surface area contributed by atoms with Crippen LogP contribution in [0.2, 0.25) is 0 Å². The second-order valence-corrected chi connectivity index (χ2v) is 6.41. The number of halogens is 3. The highest BCUT2D eigenvalue weighted by Gasteiger charge is 2.40. The predicted molar refractivity (Wildman–Crippen MR) is 76.4 cm³/mol. The van der Waals surface area contributed by atoms with Gasteiger partial charge in [0, 0.05) is 17.4 Å². The summed E-state index contributed by atoms with van der Waals surface area (Å²) in [5.41, 5.74) is -1.31. The van der Waals surface area contributed by atoms with E-state index in [1.54, 1.807) is 24.2 Å². The van der Waals surface area contributed by atoms with E-state index in [4.69, 9.17) is 0 Å². The van der Waals surface area contributed by atoms with E-state index in [1.807, 2.05) is 6.92 Å². The van der Waals surface area contributed by atoms with E-state index in [0.29, 0.717) is 19.4 Å². The minimum absolute atomic E-state index is 0.415. The zero-order valence-electron chi connectivity index (χ0n) is 11.9. The molecule has 6 heteroatoms. The van der Waals surface area contributed by atoms with Gasteiger partial charge in [0.1, 0.15) is 6.29 Å². The Bertz CT molecular complexity index is 402. The molecule has 1 aliphatic rings. The molecule has 0 spiro atoms. The molecular formula is C14H20F3NOS. The molecule has 0 amide bonds. The highest BCUT2D eigenvalue weighted by atomic mass is 32.2. The maximum Gasteiger partial charge on any atom is 0.413 e. The third-order valence-electron chi connectivity index (χ3n) is 3.15. The molecule has 20 heavy (non-hydrogen) atoms. The van der Waals surface area contributed by atoms with Crippen molar-refractivity contribution in [2.24, 2.45) is 0 Å². The minimum Gasteiger partial charge on any atom is -0.301 e. The normalized spacial score (nSPS) is 20.8. The quantitative estimate of drug-likeness (QED) is 0.562. The number of aldehydes is 1. The fourth-order valence-electron chi connectivity index (χ4n) is 2.00. The van der Waals surface area contributed by atoms with Crippen LogP contribution in [0.4, 0.5) is 13.2 Å².